The molecule has 1 amide bonds. The summed E-state index contributed by atoms with van der Waals surface area (Å²) < 4.78 is 26.6. The highest BCUT2D eigenvalue weighted by Gasteiger charge is 2.21. The molecular formula is C17H16N4O3S2. The number of amides is 1. The van der Waals surface area contributed by atoms with Gasteiger partial charge in [-0.1, -0.05) is 29.0 Å². The highest BCUT2D eigenvalue weighted by Crippen LogP contribution is 2.23. The number of benzene rings is 2. The molecule has 0 fully saturated rings. The van der Waals surface area contributed by atoms with Crippen LogP contribution in [0.25, 0.3) is 0 Å². The van der Waals surface area contributed by atoms with Gasteiger partial charge < -0.3 is 0 Å². The first-order valence-corrected chi connectivity index (χ1v) is 9.93. The Balaban J connectivity index is 1.79. The minimum absolute atomic E-state index is 0.212. The third kappa shape index (κ3) is 3.73. The van der Waals surface area contributed by atoms with E-state index in [9.17, 15) is 13.2 Å². The second-order valence-corrected chi connectivity index (χ2v) is 8.33. The molecule has 0 bridgehead atoms. The van der Waals surface area contributed by atoms with Crippen molar-refractivity contribution in [1.29, 1.82) is 0 Å². The summed E-state index contributed by atoms with van der Waals surface area (Å²) in [6, 6.07) is 12.9. The van der Waals surface area contributed by atoms with Crippen molar-refractivity contribution in [2.24, 2.45) is 0 Å². The molecule has 0 aliphatic heterocycles. The first kappa shape index (κ1) is 18.0. The van der Waals surface area contributed by atoms with Crippen molar-refractivity contribution in [2.45, 2.75) is 11.8 Å². The lowest BCUT2D eigenvalue weighted by molar-refractivity contribution is 0.102. The Hall–Kier alpha value is -2.78. The zero-order chi connectivity index (χ0) is 18.7. The molecular weight excluding hydrogens is 372 g/mol. The van der Waals surface area contributed by atoms with Crippen molar-refractivity contribution in [3.05, 3.63) is 65.2 Å². The van der Waals surface area contributed by atoms with Crippen molar-refractivity contribution < 1.29 is 13.2 Å². The molecule has 0 unspecified atom stereocenters. The number of anilines is 2. The number of nitrogens with one attached hydrogen (secondary N) is 1. The van der Waals surface area contributed by atoms with Crippen LogP contribution in [0.4, 0.5) is 10.8 Å². The van der Waals surface area contributed by atoms with Crippen molar-refractivity contribution in [2.75, 3.05) is 16.7 Å². The summed E-state index contributed by atoms with van der Waals surface area (Å²) in [5.41, 5.74) is 3.35. The Labute approximate surface area is 155 Å². The fourth-order valence-corrected chi connectivity index (χ4v) is 3.86. The van der Waals surface area contributed by atoms with Crippen molar-refractivity contribution in [3.63, 3.8) is 0 Å². The summed E-state index contributed by atoms with van der Waals surface area (Å²) in [6.07, 6.45) is 0. The molecule has 7 nitrogen and oxygen atoms in total. The Morgan fingerprint density at radius 2 is 1.73 bits per heavy atom. The molecule has 0 aliphatic carbocycles. The number of hydrogen-bond acceptors (Lipinski definition) is 6. The maximum atomic E-state index is 12.7. The van der Waals surface area contributed by atoms with Crippen molar-refractivity contribution in [3.8, 4) is 0 Å². The number of carbonyl (C=O) groups excluding carboxylic acids is 1. The molecule has 0 atom stereocenters. The van der Waals surface area contributed by atoms with Crippen LogP contribution >= 0.6 is 11.3 Å². The van der Waals surface area contributed by atoms with Crippen LogP contribution in [0.3, 0.4) is 0 Å². The van der Waals surface area contributed by atoms with E-state index in [4.69, 9.17) is 0 Å². The van der Waals surface area contributed by atoms with Gasteiger partial charge in [0.2, 0.25) is 5.13 Å². The van der Waals surface area contributed by atoms with Gasteiger partial charge >= 0.3 is 0 Å². The van der Waals surface area contributed by atoms with Crippen LogP contribution in [0.1, 0.15) is 15.9 Å². The molecule has 9 heteroatoms. The van der Waals surface area contributed by atoms with E-state index in [0.29, 0.717) is 16.4 Å². The number of aryl methyl sites for hydroxylation is 1. The van der Waals surface area contributed by atoms with E-state index >= 15 is 0 Å². The lowest BCUT2D eigenvalue weighted by Crippen LogP contribution is -2.26. The summed E-state index contributed by atoms with van der Waals surface area (Å²) in [5, 5.41) is 10.4. The Bertz CT molecular complexity index is 999. The van der Waals surface area contributed by atoms with E-state index in [1.165, 1.54) is 28.2 Å². The van der Waals surface area contributed by atoms with Crippen LogP contribution in [0, 0.1) is 6.92 Å². The smallest absolute Gasteiger partial charge is 0.264 e. The Kier molecular flexibility index (Phi) is 5.01. The molecule has 1 heterocycles. The van der Waals surface area contributed by atoms with Crippen molar-refractivity contribution >= 4 is 38.1 Å². The molecule has 0 spiro atoms. The third-order valence-corrected chi connectivity index (χ3v) is 6.16. The average molecular weight is 388 g/mol. The largest absolute Gasteiger partial charge is 0.296 e. The van der Waals surface area contributed by atoms with Gasteiger partial charge in [0.25, 0.3) is 15.9 Å². The van der Waals surface area contributed by atoms with Crippen LogP contribution in [-0.2, 0) is 10.0 Å². The molecule has 1 aromatic heterocycles. The monoisotopic (exact) mass is 388 g/mol. The van der Waals surface area contributed by atoms with Gasteiger partial charge in [-0.15, -0.1) is 10.2 Å². The van der Waals surface area contributed by atoms with Gasteiger partial charge in [0.1, 0.15) is 5.51 Å². The molecule has 134 valence electrons. The standard InChI is InChI=1S/C17H16N4O3S2/c1-12-3-9-15(10-4-12)26(23,24)21(2)14-7-5-13(6-8-14)16(22)19-17-20-18-11-25-17/h3-11H,1-2H3,(H,19,20,22). The zero-order valence-corrected chi connectivity index (χ0v) is 15.7. The van der Waals surface area contributed by atoms with E-state index < -0.39 is 10.0 Å². The molecule has 2 aromatic carbocycles. The van der Waals surface area contributed by atoms with E-state index in [2.05, 4.69) is 15.5 Å². The predicted octanol–water partition coefficient (Wildman–Crippen LogP) is 2.92. The van der Waals surface area contributed by atoms with Crippen LogP contribution in [-0.4, -0.2) is 31.6 Å². The van der Waals surface area contributed by atoms with Gasteiger partial charge in [0.05, 0.1) is 10.6 Å². The lowest BCUT2D eigenvalue weighted by Gasteiger charge is -2.19. The summed E-state index contributed by atoms with van der Waals surface area (Å²) in [4.78, 5) is 12.4. The van der Waals surface area contributed by atoms with E-state index in [0.717, 1.165) is 5.56 Å². The van der Waals surface area contributed by atoms with Crippen molar-refractivity contribution in [1.82, 2.24) is 10.2 Å². The number of rotatable bonds is 5. The van der Waals surface area contributed by atoms with Crippen LogP contribution < -0.4 is 9.62 Å². The Morgan fingerprint density at radius 3 is 2.31 bits per heavy atom. The molecule has 3 rings (SSSR count). The number of aromatic nitrogens is 2. The van der Waals surface area contributed by atoms with Gasteiger partial charge in [-0.05, 0) is 43.3 Å². The molecule has 0 saturated carbocycles. The van der Waals surface area contributed by atoms with E-state index in [1.54, 1.807) is 48.5 Å². The summed E-state index contributed by atoms with van der Waals surface area (Å²) >= 11 is 1.21. The molecule has 0 radical (unpaired) electrons. The molecule has 1 N–H and O–H groups in total. The van der Waals surface area contributed by atoms with Crippen LogP contribution in [0.5, 0.6) is 0 Å². The first-order chi connectivity index (χ1) is 12.4. The minimum Gasteiger partial charge on any atom is -0.296 e. The van der Waals surface area contributed by atoms with Gasteiger partial charge in [-0.3, -0.25) is 14.4 Å². The molecule has 3 aromatic rings. The average Bonchev–Trinajstić information content (AvgIpc) is 3.14. The number of nitrogens with zero attached hydrogens (tertiary/aromatic N) is 3. The minimum atomic E-state index is -3.67. The molecule has 0 saturated heterocycles. The predicted molar refractivity (Wildman–Crippen MR) is 101 cm³/mol. The summed E-state index contributed by atoms with van der Waals surface area (Å²) in [5.74, 6) is -0.336. The highest BCUT2D eigenvalue weighted by atomic mass is 32.2. The fraction of sp³-hybridized carbons (Fsp3) is 0.118. The summed E-state index contributed by atoms with van der Waals surface area (Å²) in [7, 11) is -2.19. The quantitative estimate of drug-likeness (QED) is 0.725. The SMILES string of the molecule is Cc1ccc(S(=O)(=O)N(C)c2ccc(C(=O)Nc3nncs3)cc2)cc1. The lowest BCUT2D eigenvalue weighted by atomic mass is 10.2. The van der Waals surface area contributed by atoms with Gasteiger partial charge in [0, 0.05) is 12.6 Å². The fourth-order valence-electron chi connectivity index (χ4n) is 2.23. The molecule has 26 heavy (non-hydrogen) atoms. The van der Waals surface area contributed by atoms with E-state index in [-0.39, 0.29) is 10.8 Å². The third-order valence-electron chi connectivity index (χ3n) is 3.75. The Morgan fingerprint density at radius 1 is 1.08 bits per heavy atom. The highest BCUT2D eigenvalue weighted by molar-refractivity contribution is 7.92. The van der Waals surface area contributed by atoms with Gasteiger partial charge in [-0.25, -0.2) is 8.42 Å². The van der Waals surface area contributed by atoms with Gasteiger partial charge in [0.15, 0.2) is 0 Å². The number of carbonyl (C=O) groups is 1. The normalized spacial score (nSPS) is 11.2. The maximum Gasteiger partial charge on any atom is 0.264 e. The van der Waals surface area contributed by atoms with Crippen LogP contribution in [0.15, 0.2) is 58.9 Å². The van der Waals surface area contributed by atoms with Gasteiger partial charge in [-0.2, -0.15) is 0 Å². The second-order valence-electron chi connectivity index (χ2n) is 5.53. The maximum absolute atomic E-state index is 12.7. The molecule has 0 aliphatic rings. The first-order valence-electron chi connectivity index (χ1n) is 7.61. The summed E-state index contributed by atoms with van der Waals surface area (Å²) in [6.45, 7) is 1.89. The number of hydrogen-bond donors (Lipinski definition) is 1. The van der Waals surface area contributed by atoms with Crippen LogP contribution in [0.2, 0.25) is 0 Å². The zero-order valence-electron chi connectivity index (χ0n) is 14.1. The second kappa shape index (κ2) is 7.22. The van der Waals surface area contributed by atoms with E-state index in [1.807, 2.05) is 6.92 Å². The topological polar surface area (TPSA) is 92.3 Å². The number of sulfonamides is 1.